The molecule has 0 spiro atoms. The fourth-order valence-corrected chi connectivity index (χ4v) is 2.18. The Bertz CT molecular complexity index is 322. The van der Waals surface area contributed by atoms with Crippen molar-refractivity contribution in [3.05, 3.63) is 17.3 Å². The molecular weight excluding hydrogens is 162 g/mol. The Morgan fingerprint density at radius 2 is 2.15 bits per heavy atom. The van der Waals surface area contributed by atoms with E-state index in [9.17, 15) is 0 Å². The monoisotopic (exact) mass is 177 g/mol. The van der Waals surface area contributed by atoms with Crippen molar-refractivity contribution in [1.29, 1.82) is 0 Å². The standard InChI is InChI=1S/C10H15N3/c1-6-3-7(2)8-5-10(11)13-12-9(8)4-6/h5-7H,3-4H2,1-2H3,(H2,11,13). The summed E-state index contributed by atoms with van der Waals surface area (Å²) in [4.78, 5) is 0. The van der Waals surface area contributed by atoms with Crippen molar-refractivity contribution < 1.29 is 0 Å². The predicted octanol–water partition coefficient (Wildman–Crippen LogP) is 1.74. The minimum atomic E-state index is 0.542. The van der Waals surface area contributed by atoms with E-state index >= 15 is 0 Å². The third-order valence-corrected chi connectivity index (χ3v) is 2.75. The van der Waals surface area contributed by atoms with Crippen LogP contribution >= 0.6 is 0 Å². The van der Waals surface area contributed by atoms with Gasteiger partial charge in [-0.1, -0.05) is 13.8 Å². The van der Waals surface area contributed by atoms with Crippen LogP contribution in [0.3, 0.4) is 0 Å². The lowest BCUT2D eigenvalue weighted by Gasteiger charge is -2.25. The second kappa shape index (κ2) is 2.98. The summed E-state index contributed by atoms with van der Waals surface area (Å²) in [5.74, 6) is 1.84. The maximum Gasteiger partial charge on any atom is 0.146 e. The molecule has 0 aromatic carbocycles. The summed E-state index contributed by atoms with van der Waals surface area (Å²) < 4.78 is 0. The SMILES string of the molecule is CC1Cc2nnc(N)cc2C(C)C1. The van der Waals surface area contributed by atoms with Crippen molar-refractivity contribution in [2.45, 2.75) is 32.6 Å². The number of aromatic nitrogens is 2. The Hall–Kier alpha value is -1.12. The topological polar surface area (TPSA) is 51.8 Å². The zero-order valence-corrected chi connectivity index (χ0v) is 8.12. The van der Waals surface area contributed by atoms with E-state index in [1.165, 1.54) is 12.0 Å². The number of anilines is 1. The van der Waals surface area contributed by atoms with Crippen LogP contribution in [-0.4, -0.2) is 10.2 Å². The molecule has 2 unspecified atom stereocenters. The zero-order chi connectivity index (χ0) is 9.42. The van der Waals surface area contributed by atoms with Gasteiger partial charge in [-0.3, -0.25) is 0 Å². The van der Waals surface area contributed by atoms with Crippen LogP contribution in [-0.2, 0) is 6.42 Å². The summed E-state index contributed by atoms with van der Waals surface area (Å²) in [6, 6.07) is 1.97. The lowest BCUT2D eigenvalue weighted by molar-refractivity contribution is 0.439. The van der Waals surface area contributed by atoms with Crippen molar-refractivity contribution in [2.75, 3.05) is 5.73 Å². The maximum atomic E-state index is 5.61. The van der Waals surface area contributed by atoms with Crippen LogP contribution in [0.25, 0.3) is 0 Å². The maximum absolute atomic E-state index is 5.61. The van der Waals surface area contributed by atoms with E-state index in [1.54, 1.807) is 0 Å². The molecule has 1 aromatic rings. The second-order valence-corrected chi connectivity index (χ2v) is 4.12. The van der Waals surface area contributed by atoms with E-state index in [0.29, 0.717) is 11.7 Å². The number of rotatable bonds is 0. The van der Waals surface area contributed by atoms with Crippen LogP contribution in [0.4, 0.5) is 5.82 Å². The Kier molecular flexibility index (Phi) is 1.94. The van der Waals surface area contributed by atoms with Crippen molar-refractivity contribution in [3.8, 4) is 0 Å². The van der Waals surface area contributed by atoms with Gasteiger partial charge in [0, 0.05) is 0 Å². The molecule has 0 saturated heterocycles. The summed E-state index contributed by atoms with van der Waals surface area (Å²) in [5, 5.41) is 8.03. The molecule has 0 saturated carbocycles. The normalized spacial score (nSPS) is 26.9. The lowest BCUT2D eigenvalue weighted by Crippen LogP contribution is -2.17. The quantitative estimate of drug-likeness (QED) is 0.656. The summed E-state index contributed by atoms with van der Waals surface area (Å²) in [6.45, 7) is 4.49. The highest BCUT2D eigenvalue weighted by Gasteiger charge is 2.22. The van der Waals surface area contributed by atoms with Gasteiger partial charge < -0.3 is 5.73 Å². The first-order valence-corrected chi connectivity index (χ1v) is 4.78. The zero-order valence-electron chi connectivity index (χ0n) is 8.12. The van der Waals surface area contributed by atoms with Crippen molar-refractivity contribution >= 4 is 5.82 Å². The van der Waals surface area contributed by atoms with Gasteiger partial charge >= 0.3 is 0 Å². The minimum absolute atomic E-state index is 0.542. The Morgan fingerprint density at radius 1 is 1.38 bits per heavy atom. The molecule has 0 radical (unpaired) electrons. The molecule has 3 heteroatoms. The van der Waals surface area contributed by atoms with E-state index in [4.69, 9.17) is 5.73 Å². The Morgan fingerprint density at radius 3 is 2.92 bits per heavy atom. The van der Waals surface area contributed by atoms with Gasteiger partial charge in [-0.25, -0.2) is 0 Å². The first kappa shape index (κ1) is 8.48. The second-order valence-electron chi connectivity index (χ2n) is 4.12. The lowest BCUT2D eigenvalue weighted by atomic mass is 9.81. The minimum Gasteiger partial charge on any atom is -0.382 e. The average Bonchev–Trinajstić information content (AvgIpc) is 2.06. The smallest absolute Gasteiger partial charge is 0.146 e. The van der Waals surface area contributed by atoms with Gasteiger partial charge in [0.2, 0.25) is 0 Å². The third-order valence-electron chi connectivity index (χ3n) is 2.75. The fourth-order valence-electron chi connectivity index (χ4n) is 2.18. The van der Waals surface area contributed by atoms with Gasteiger partial charge in [0.15, 0.2) is 0 Å². The number of fused-ring (bicyclic) bond motifs is 1. The molecule has 3 nitrogen and oxygen atoms in total. The average molecular weight is 177 g/mol. The molecule has 2 atom stereocenters. The van der Waals surface area contributed by atoms with Gasteiger partial charge in [0.05, 0.1) is 5.69 Å². The molecule has 2 rings (SSSR count). The highest BCUT2D eigenvalue weighted by molar-refractivity contribution is 5.36. The molecule has 1 aliphatic carbocycles. The van der Waals surface area contributed by atoms with E-state index in [0.717, 1.165) is 18.0 Å². The van der Waals surface area contributed by atoms with E-state index in [2.05, 4.69) is 24.0 Å². The number of nitrogens with zero attached hydrogens (tertiary/aromatic N) is 2. The first-order valence-electron chi connectivity index (χ1n) is 4.78. The number of nitrogens with two attached hydrogens (primary N) is 1. The van der Waals surface area contributed by atoms with E-state index in [1.807, 2.05) is 6.07 Å². The molecule has 1 aromatic heterocycles. The predicted molar refractivity (Wildman–Crippen MR) is 52.3 cm³/mol. The van der Waals surface area contributed by atoms with Gasteiger partial charge in [-0.05, 0) is 36.3 Å². The van der Waals surface area contributed by atoms with Crippen LogP contribution in [0.2, 0.25) is 0 Å². The van der Waals surface area contributed by atoms with Crippen LogP contribution in [0, 0.1) is 5.92 Å². The van der Waals surface area contributed by atoms with Crippen LogP contribution in [0.5, 0.6) is 0 Å². The molecule has 1 aliphatic rings. The first-order chi connectivity index (χ1) is 6.16. The van der Waals surface area contributed by atoms with Crippen molar-refractivity contribution in [3.63, 3.8) is 0 Å². The summed E-state index contributed by atoms with van der Waals surface area (Å²) in [5.41, 5.74) is 8.04. The van der Waals surface area contributed by atoms with E-state index < -0.39 is 0 Å². The van der Waals surface area contributed by atoms with Gasteiger partial charge in [0.25, 0.3) is 0 Å². The van der Waals surface area contributed by atoms with Crippen molar-refractivity contribution in [1.82, 2.24) is 10.2 Å². The van der Waals surface area contributed by atoms with Crippen LogP contribution in [0.1, 0.15) is 37.4 Å². The highest BCUT2D eigenvalue weighted by Crippen LogP contribution is 2.33. The molecule has 13 heavy (non-hydrogen) atoms. The van der Waals surface area contributed by atoms with Gasteiger partial charge in [-0.2, -0.15) is 5.10 Å². The van der Waals surface area contributed by atoms with E-state index in [-0.39, 0.29) is 0 Å². The summed E-state index contributed by atoms with van der Waals surface area (Å²) in [6.07, 6.45) is 2.28. The Balaban J connectivity index is 2.43. The van der Waals surface area contributed by atoms with Gasteiger partial charge in [-0.15, -0.1) is 5.10 Å². The molecular formula is C10H15N3. The highest BCUT2D eigenvalue weighted by atomic mass is 15.1. The third kappa shape index (κ3) is 1.50. The molecule has 2 N–H and O–H groups in total. The molecule has 0 aliphatic heterocycles. The van der Waals surface area contributed by atoms with Crippen LogP contribution in [0.15, 0.2) is 6.07 Å². The number of hydrogen-bond acceptors (Lipinski definition) is 3. The molecule has 0 bridgehead atoms. The molecule has 1 heterocycles. The number of nitrogen functional groups attached to an aromatic ring is 1. The molecule has 0 amide bonds. The Labute approximate surface area is 78.4 Å². The van der Waals surface area contributed by atoms with Gasteiger partial charge in [0.1, 0.15) is 5.82 Å². The number of hydrogen-bond donors (Lipinski definition) is 1. The fraction of sp³-hybridized carbons (Fsp3) is 0.600. The van der Waals surface area contributed by atoms with Crippen LogP contribution < -0.4 is 5.73 Å². The van der Waals surface area contributed by atoms with Crippen molar-refractivity contribution in [2.24, 2.45) is 5.92 Å². The summed E-state index contributed by atoms with van der Waals surface area (Å²) in [7, 11) is 0. The summed E-state index contributed by atoms with van der Waals surface area (Å²) >= 11 is 0. The molecule has 0 fully saturated rings. The largest absolute Gasteiger partial charge is 0.382 e. The molecule has 70 valence electrons.